The van der Waals surface area contributed by atoms with Crippen LogP contribution < -0.4 is 0 Å². The molecule has 28 heavy (non-hydrogen) atoms. The van der Waals surface area contributed by atoms with E-state index in [1.807, 2.05) is 51.3 Å². The Morgan fingerprint density at radius 3 is 2.61 bits per heavy atom. The highest BCUT2D eigenvalue weighted by molar-refractivity contribution is 7.12. The van der Waals surface area contributed by atoms with Gasteiger partial charge >= 0.3 is 0 Å². The first kappa shape index (κ1) is 17.1. The summed E-state index contributed by atoms with van der Waals surface area (Å²) >= 11 is 1.50. The molecule has 1 aliphatic rings. The van der Waals surface area contributed by atoms with Crippen LogP contribution in [0.15, 0.2) is 60.4 Å². The van der Waals surface area contributed by atoms with E-state index in [-0.39, 0.29) is 11.8 Å². The average molecular weight is 389 g/mol. The van der Waals surface area contributed by atoms with E-state index in [1.165, 1.54) is 11.3 Å². The number of rotatable bonds is 3. The number of fused-ring (bicyclic) bond motifs is 1. The van der Waals surface area contributed by atoms with Gasteiger partial charge in [0.1, 0.15) is 0 Å². The van der Waals surface area contributed by atoms with E-state index in [2.05, 4.69) is 11.1 Å². The molecular formula is C21H19N5OS. The molecule has 0 unspecified atom stereocenters. The van der Waals surface area contributed by atoms with Crippen molar-refractivity contribution < 1.29 is 4.79 Å². The maximum atomic E-state index is 12.5. The minimum absolute atomic E-state index is 0.137. The second-order valence-electron chi connectivity index (χ2n) is 6.97. The van der Waals surface area contributed by atoms with Crippen LogP contribution in [0.3, 0.4) is 0 Å². The summed E-state index contributed by atoms with van der Waals surface area (Å²) < 4.78 is 1.86. The summed E-state index contributed by atoms with van der Waals surface area (Å²) in [6, 6.07) is 11.8. The molecule has 0 spiro atoms. The van der Waals surface area contributed by atoms with Gasteiger partial charge in [-0.1, -0.05) is 6.07 Å². The molecule has 5 heterocycles. The first-order valence-corrected chi connectivity index (χ1v) is 10.3. The fourth-order valence-corrected chi connectivity index (χ4v) is 4.38. The molecule has 0 aromatic carbocycles. The van der Waals surface area contributed by atoms with Gasteiger partial charge in [-0.3, -0.25) is 9.78 Å². The van der Waals surface area contributed by atoms with Gasteiger partial charge in [0.15, 0.2) is 11.5 Å². The topological polar surface area (TPSA) is 63.4 Å². The lowest BCUT2D eigenvalue weighted by molar-refractivity contribution is 0.0716. The number of carbonyl (C=O) groups is 1. The first-order chi connectivity index (χ1) is 13.8. The molecule has 0 N–H and O–H groups in total. The fraction of sp³-hybridized carbons (Fsp3) is 0.238. The van der Waals surface area contributed by atoms with Gasteiger partial charge in [-0.05, 0) is 54.1 Å². The molecule has 0 saturated carbocycles. The van der Waals surface area contributed by atoms with E-state index < -0.39 is 0 Å². The van der Waals surface area contributed by atoms with E-state index >= 15 is 0 Å². The lowest BCUT2D eigenvalue weighted by Crippen LogP contribution is -2.37. The van der Waals surface area contributed by atoms with Gasteiger partial charge in [0, 0.05) is 43.2 Å². The highest BCUT2D eigenvalue weighted by Gasteiger charge is 2.27. The Balaban J connectivity index is 1.32. The monoisotopic (exact) mass is 389 g/mol. The van der Waals surface area contributed by atoms with Crippen molar-refractivity contribution in [2.75, 3.05) is 13.1 Å². The lowest BCUT2D eigenvalue weighted by atomic mass is 9.96. The third-order valence-electron chi connectivity index (χ3n) is 5.24. The highest BCUT2D eigenvalue weighted by atomic mass is 32.1. The van der Waals surface area contributed by atoms with Crippen molar-refractivity contribution in [1.29, 1.82) is 0 Å². The van der Waals surface area contributed by atoms with Crippen LogP contribution in [0.1, 0.15) is 34.3 Å². The predicted molar refractivity (Wildman–Crippen MR) is 108 cm³/mol. The molecule has 1 fully saturated rings. The fourth-order valence-electron chi connectivity index (χ4n) is 3.69. The summed E-state index contributed by atoms with van der Waals surface area (Å²) in [5.74, 6) is 1.30. The molecular weight excluding hydrogens is 370 g/mol. The molecule has 7 heteroatoms. The quantitative estimate of drug-likeness (QED) is 0.534. The van der Waals surface area contributed by atoms with Gasteiger partial charge in [-0.25, -0.2) is 9.50 Å². The zero-order chi connectivity index (χ0) is 18.9. The van der Waals surface area contributed by atoms with Gasteiger partial charge in [0.25, 0.3) is 5.91 Å². The summed E-state index contributed by atoms with van der Waals surface area (Å²) in [6.07, 6.45) is 7.38. The maximum absolute atomic E-state index is 12.5. The van der Waals surface area contributed by atoms with Crippen LogP contribution in [-0.2, 0) is 0 Å². The van der Waals surface area contributed by atoms with Crippen LogP contribution in [0, 0.1) is 0 Å². The number of hydrogen-bond donors (Lipinski definition) is 0. The number of thiophene rings is 1. The molecule has 140 valence electrons. The lowest BCUT2D eigenvalue weighted by Gasteiger charge is -2.30. The van der Waals surface area contributed by atoms with Crippen molar-refractivity contribution in [2.45, 2.75) is 18.8 Å². The summed E-state index contributed by atoms with van der Waals surface area (Å²) in [6.45, 7) is 1.50. The van der Waals surface area contributed by atoms with E-state index in [0.29, 0.717) is 0 Å². The number of aromatic nitrogens is 4. The Morgan fingerprint density at radius 2 is 1.86 bits per heavy atom. The summed E-state index contributed by atoms with van der Waals surface area (Å²) in [5.41, 5.74) is 3.04. The normalized spacial score (nSPS) is 15.2. The Morgan fingerprint density at radius 1 is 1.04 bits per heavy atom. The molecule has 4 aromatic heterocycles. The van der Waals surface area contributed by atoms with Crippen LogP contribution in [0.2, 0.25) is 0 Å². The molecule has 0 aliphatic carbocycles. The second-order valence-corrected chi connectivity index (χ2v) is 7.92. The molecule has 1 amide bonds. The van der Waals surface area contributed by atoms with Crippen LogP contribution in [0.5, 0.6) is 0 Å². The maximum Gasteiger partial charge on any atom is 0.263 e. The van der Waals surface area contributed by atoms with Crippen molar-refractivity contribution in [3.05, 3.63) is 71.1 Å². The zero-order valence-corrected chi connectivity index (χ0v) is 16.0. The van der Waals surface area contributed by atoms with E-state index in [4.69, 9.17) is 10.1 Å². The Kier molecular flexibility index (Phi) is 4.37. The van der Waals surface area contributed by atoms with Crippen LogP contribution in [-0.4, -0.2) is 43.5 Å². The van der Waals surface area contributed by atoms with Gasteiger partial charge in [0.2, 0.25) is 0 Å². The van der Waals surface area contributed by atoms with Gasteiger partial charge in [0.05, 0.1) is 4.88 Å². The van der Waals surface area contributed by atoms with Gasteiger partial charge < -0.3 is 4.90 Å². The predicted octanol–water partition coefficient (Wildman–Crippen LogP) is 3.87. The zero-order valence-electron chi connectivity index (χ0n) is 15.2. The van der Waals surface area contributed by atoms with Crippen LogP contribution >= 0.6 is 11.3 Å². The molecule has 0 bridgehead atoms. The third-order valence-corrected chi connectivity index (χ3v) is 6.10. The minimum atomic E-state index is 0.137. The third kappa shape index (κ3) is 3.18. The summed E-state index contributed by atoms with van der Waals surface area (Å²) in [7, 11) is 0. The van der Waals surface area contributed by atoms with Crippen molar-refractivity contribution in [2.24, 2.45) is 0 Å². The van der Waals surface area contributed by atoms with Gasteiger partial charge in [-0.15, -0.1) is 11.3 Å². The average Bonchev–Trinajstić information content (AvgIpc) is 3.43. The number of nitrogens with zero attached hydrogens (tertiary/aromatic N) is 5. The number of likely N-dealkylation sites (tertiary alicyclic amines) is 1. The van der Waals surface area contributed by atoms with Crippen molar-refractivity contribution >= 4 is 22.9 Å². The largest absolute Gasteiger partial charge is 0.338 e. The summed E-state index contributed by atoms with van der Waals surface area (Å²) in [5, 5.41) is 6.68. The Hall–Kier alpha value is -3.06. The molecule has 6 nitrogen and oxygen atoms in total. The molecule has 1 saturated heterocycles. The van der Waals surface area contributed by atoms with Crippen LogP contribution in [0.4, 0.5) is 0 Å². The van der Waals surface area contributed by atoms with Gasteiger partial charge in [-0.2, -0.15) is 5.10 Å². The Bertz CT molecular complexity index is 1100. The minimum Gasteiger partial charge on any atom is -0.338 e. The number of piperidine rings is 1. The first-order valence-electron chi connectivity index (χ1n) is 9.37. The van der Waals surface area contributed by atoms with Crippen molar-refractivity contribution in [3.8, 4) is 11.1 Å². The smallest absolute Gasteiger partial charge is 0.263 e. The van der Waals surface area contributed by atoms with Crippen LogP contribution in [0.25, 0.3) is 16.8 Å². The highest BCUT2D eigenvalue weighted by Crippen LogP contribution is 2.28. The number of carbonyl (C=O) groups excluding carboxylic acids is 1. The molecule has 0 radical (unpaired) electrons. The Labute approximate surface area is 166 Å². The summed E-state index contributed by atoms with van der Waals surface area (Å²) in [4.78, 5) is 24.1. The van der Waals surface area contributed by atoms with Crippen molar-refractivity contribution in [1.82, 2.24) is 24.5 Å². The van der Waals surface area contributed by atoms with E-state index in [0.717, 1.165) is 53.4 Å². The van der Waals surface area contributed by atoms with E-state index in [1.54, 1.807) is 12.4 Å². The standard InChI is InChI=1S/C21H19N5OS/c27-21(18-2-1-13-28-18)25-11-7-16(8-12-25)20-23-19-4-3-17(14-26(19)24-20)15-5-9-22-10-6-15/h1-6,9-10,13-14,16H,7-8,11-12H2. The van der Waals surface area contributed by atoms with E-state index in [9.17, 15) is 4.79 Å². The number of pyridine rings is 2. The molecule has 5 rings (SSSR count). The molecule has 1 aliphatic heterocycles. The number of amides is 1. The molecule has 4 aromatic rings. The van der Waals surface area contributed by atoms with Crippen molar-refractivity contribution in [3.63, 3.8) is 0 Å². The number of hydrogen-bond acceptors (Lipinski definition) is 5. The molecule has 0 atom stereocenters. The SMILES string of the molecule is O=C(c1cccs1)N1CCC(c2nc3ccc(-c4ccncc4)cn3n2)CC1. The second kappa shape index (κ2) is 7.16.